The second-order valence-electron chi connectivity index (χ2n) is 17.7. The quantitative estimate of drug-likeness (QED) is 0.333. The molecular formula is C39H57NSi. The molecule has 0 amide bonds. The highest BCUT2D eigenvalue weighted by atomic mass is 28.3. The maximum atomic E-state index is 2.96. The molecule has 2 heteroatoms. The Labute approximate surface area is 253 Å². The van der Waals surface area contributed by atoms with Crippen molar-refractivity contribution in [3.63, 3.8) is 0 Å². The second-order valence-corrected chi connectivity index (χ2v) is 22.1. The molecule has 0 aliphatic heterocycles. The van der Waals surface area contributed by atoms with Crippen molar-refractivity contribution in [3.05, 3.63) is 76.9 Å². The van der Waals surface area contributed by atoms with Gasteiger partial charge in [-0.2, -0.15) is 0 Å². The van der Waals surface area contributed by atoms with E-state index < -0.39 is 8.24 Å². The van der Waals surface area contributed by atoms with Crippen LogP contribution in [-0.4, -0.2) is 23.9 Å². The van der Waals surface area contributed by atoms with E-state index in [4.69, 9.17) is 0 Å². The van der Waals surface area contributed by atoms with Gasteiger partial charge < -0.3 is 4.57 Å². The first-order chi connectivity index (χ1) is 18.6. The van der Waals surface area contributed by atoms with Gasteiger partial charge in [-0.05, 0) is 122 Å². The first-order valence-corrected chi connectivity index (χ1v) is 19.2. The molecule has 0 aromatic heterocycles. The fourth-order valence-corrected chi connectivity index (χ4v) is 16.6. The van der Waals surface area contributed by atoms with E-state index in [1.54, 1.807) is 5.57 Å². The third-order valence-electron chi connectivity index (χ3n) is 10.7. The van der Waals surface area contributed by atoms with Crippen molar-refractivity contribution in [2.24, 2.45) is 17.8 Å². The maximum absolute atomic E-state index is 2.96. The van der Waals surface area contributed by atoms with E-state index in [2.05, 4.69) is 155 Å². The molecule has 1 saturated carbocycles. The summed E-state index contributed by atoms with van der Waals surface area (Å²) in [5.41, 5.74) is 11.4. The van der Waals surface area contributed by atoms with E-state index in [1.165, 1.54) is 39.8 Å². The minimum absolute atomic E-state index is 0.0172. The second kappa shape index (κ2) is 9.55. The highest BCUT2D eigenvalue weighted by Gasteiger charge is 2.56. The lowest BCUT2D eigenvalue weighted by molar-refractivity contribution is 0.121. The van der Waals surface area contributed by atoms with Gasteiger partial charge in [0.2, 0.25) is 0 Å². The topological polar surface area (TPSA) is 3.24 Å². The lowest BCUT2D eigenvalue weighted by atomic mass is 9.76. The Bertz CT molecular complexity index is 1370. The van der Waals surface area contributed by atoms with Crippen LogP contribution in [0.3, 0.4) is 0 Å². The molecule has 222 valence electrons. The molecular weight excluding hydrogens is 511 g/mol. The van der Waals surface area contributed by atoms with Crippen molar-refractivity contribution < 1.29 is 0 Å². The molecule has 4 atom stereocenters. The van der Waals surface area contributed by atoms with Crippen molar-refractivity contribution >= 4 is 13.8 Å². The number of allylic oxidation sites excluding steroid dienone is 4. The molecule has 0 saturated heterocycles. The molecule has 3 aliphatic carbocycles. The van der Waals surface area contributed by atoms with Crippen molar-refractivity contribution in [2.75, 3.05) is 0 Å². The molecule has 2 aromatic carbocycles. The number of fused-ring (bicyclic) bond motifs is 4. The molecule has 3 aliphatic rings. The summed E-state index contributed by atoms with van der Waals surface area (Å²) in [6.07, 6.45) is 6.81. The highest BCUT2D eigenvalue weighted by molar-refractivity contribution is 6.76. The van der Waals surface area contributed by atoms with E-state index in [0.29, 0.717) is 11.8 Å². The molecule has 0 bridgehead atoms. The van der Waals surface area contributed by atoms with Gasteiger partial charge in [-0.15, -0.1) is 0 Å². The van der Waals surface area contributed by atoms with Gasteiger partial charge in [0, 0.05) is 16.5 Å². The highest BCUT2D eigenvalue weighted by Crippen LogP contribution is 2.61. The van der Waals surface area contributed by atoms with Crippen LogP contribution < -0.4 is 0 Å². The Kier molecular flexibility index (Phi) is 7.12. The van der Waals surface area contributed by atoms with E-state index >= 15 is 0 Å². The Hall–Kier alpha value is -1.90. The van der Waals surface area contributed by atoms with Gasteiger partial charge in [0.25, 0.3) is 0 Å². The average Bonchev–Trinajstić information content (AvgIpc) is 3.25. The van der Waals surface area contributed by atoms with Crippen LogP contribution in [0.4, 0.5) is 0 Å². The van der Waals surface area contributed by atoms with Crippen LogP contribution >= 0.6 is 0 Å². The smallest absolute Gasteiger partial charge is 0.127 e. The van der Waals surface area contributed by atoms with Gasteiger partial charge in [0.1, 0.15) is 8.24 Å². The summed E-state index contributed by atoms with van der Waals surface area (Å²) in [4.78, 5) is 0. The fraction of sp³-hybridized carbons (Fsp3) is 0.590. The van der Waals surface area contributed by atoms with Crippen LogP contribution in [0.2, 0.25) is 18.6 Å². The van der Waals surface area contributed by atoms with Gasteiger partial charge in [-0.3, -0.25) is 0 Å². The van der Waals surface area contributed by atoms with E-state index in [9.17, 15) is 0 Å². The molecule has 4 unspecified atom stereocenters. The van der Waals surface area contributed by atoms with Crippen LogP contribution in [0, 0.1) is 17.8 Å². The van der Waals surface area contributed by atoms with Crippen LogP contribution in [0.5, 0.6) is 0 Å². The molecule has 0 spiro atoms. The summed E-state index contributed by atoms with van der Waals surface area (Å²) in [7, 11) is -1.82. The summed E-state index contributed by atoms with van der Waals surface area (Å²) in [5, 5.41) is 0. The predicted octanol–water partition coefficient (Wildman–Crippen LogP) is 11.0. The Morgan fingerprint density at radius 2 is 1.34 bits per heavy atom. The largest absolute Gasteiger partial charge is 0.314 e. The number of benzene rings is 2. The zero-order valence-electron chi connectivity index (χ0n) is 28.7. The number of hydrogen-bond acceptors (Lipinski definition) is 1. The molecule has 2 aromatic rings. The minimum atomic E-state index is -1.82. The van der Waals surface area contributed by atoms with Crippen LogP contribution in [0.25, 0.3) is 16.7 Å². The summed E-state index contributed by atoms with van der Waals surface area (Å²) in [6.45, 7) is 34.3. The molecule has 0 heterocycles. The van der Waals surface area contributed by atoms with E-state index in [-0.39, 0.29) is 21.9 Å². The summed E-state index contributed by atoms with van der Waals surface area (Å²) < 4.78 is 2.96. The third-order valence-corrected chi connectivity index (χ3v) is 15.8. The minimum Gasteiger partial charge on any atom is -0.314 e. The lowest BCUT2D eigenvalue weighted by Crippen LogP contribution is -2.67. The number of rotatable bonds is 3. The SMILES string of the molecule is CC1CC2C=C3C(=CC2C1[Si](C)(C)N(C(C)(C)C)C(C)(C)C)C(C)(C)c1cc(-c2ccc(C(C)(C)C)cc2)ccc13. The number of nitrogens with zero attached hydrogens (tertiary/aromatic N) is 1. The summed E-state index contributed by atoms with van der Waals surface area (Å²) in [5.74, 6) is 2.02. The predicted molar refractivity (Wildman–Crippen MR) is 183 cm³/mol. The molecule has 0 radical (unpaired) electrons. The van der Waals surface area contributed by atoms with Gasteiger partial charge in [0.15, 0.2) is 0 Å². The zero-order valence-corrected chi connectivity index (χ0v) is 29.7. The number of hydrogen-bond donors (Lipinski definition) is 0. The Balaban J connectivity index is 1.54. The van der Waals surface area contributed by atoms with Gasteiger partial charge in [0.05, 0.1) is 0 Å². The van der Waals surface area contributed by atoms with Crippen molar-refractivity contribution in [1.82, 2.24) is 4.57 Å². The fourth-order valence-electron chi connectivity index (χ4n) is 9.99. The third kappa shape index (κ3) is 5.05. The van der Waals surface area contributed by atoms with Crippen LogP contribution in [-0.2, 0) is 10.8 Å². The standard InChI is InChI=1S/C39H57NSi/c1-25-21-28-22-32-30-20-17-27(26-15-18-29(19-16-26)36(2,3)4)23-33(30)39(11,12)34(32)24-31(28)35(25)41(13,14)40(37(5,6)7)38(8,9)10/h15-20,22-25,28,31,35H,21H2,1-14H3. The zero-order chi connectivity index (χ0) is 30.5. The summed E-state index contributed by atoms with van der Waals surface area (Å²) in [6, 6.07) is 16.5. The first-order valence-electron chi connectivity index (χ1n) is 16.2. The Morgan fingerprint density at radius 1 is 0.780 bits per heavy atom. The Morgan fingerprint density at radius 3 is 1.88 bits per heavy atom. The monoisotopic (exact) mass is 567 g/mol. The molecule has 1 nitrogen and oxygen atoms in total. The van der Waals surface area contributed by atoms with Crippen LogP contribution in [0.15, 0.2) is 60.2 Å². The normalized spacial score (nSPS) is 25.9. The first kappa shape index (κ1) is 30.6. The maximum Gasteiger partial charge on any atom is 0.127 e. The van der Waals surface area contributed by atoms with Crippen LogP contribution in [0.1, 0.15) is 106 Å². The lowest BCUT2D eigenvalue weighted by Gasteiger charge is -2.57. The van der Waals surface area contributed by atoms with Crippen molar-refractivity contribution in [1.29, 1.82) is 0 Å². The molecule has 5 rings (SSSR count). The van der Waals surface area contributed by atoms with E-state index in [1.807, 2.05) is 0 Å². The summed E-state index contributed by atoms with van der Waals surface area (Å²) >= 11 is 0. The van der Waals surface area contributed by atoms with Crippen molar-refractivity contribution in [3.8, 4) is 11.1 Å². The average molecular weight is 568 g/mol. The van der Waals surface area contributed by atoms with Gasteiger partial charge >= 0.3 is 0 Å². The molecule has 41 heavy (non-hydrogen) atoms. The molecule has 0 N–H and O–H groups in total. The van der Waals surface area contributed by atoms with Gasteiger partial charge in [-0.1, -0.05) is 103 Å². The molecule has 1 fully saturated rings. The van der Waals surface area contributed by atoms with E-state index in [0.717, 1.165) is 11.5 Å². The van der Waals surface area contributed by atoms with Crippen molar-refractivity contribution in [2.45, 2.75) is 130 Å². The van der Waals surface area contributed by atoms with Gasteiger partial charge in [-0.25, -0.2) is 0 Å².